The zero-order chi connectivity index (χ0) is 14.9. The molecule has 116 valence electrons. The zero-order valence-electron chi connectivity index (χ0n) is 12.5. The van der Waals surface area contributed by atoms with Crippen molar-refractivity contribution in [1.29, 1.82) is 0 Å². The second kappa shape index (κ2) is 5.85. The van der Waals surface area contributed by atoms with Gasteiger partial charge in [-0.05, 0) is 29.9 Å². The minimum absolute atomic E-state index is 0.146. The molecule has 0 aromatic carbocycles. The van der Waals surface area contributed by atoms with Crippen molar-refractivity contribution in [3.05, 3.63) is 40.1 Å². The van der Waals surface area contributed by atoms with E-state index in [4.69, 9.17) is 0 Å². The van der Waals surface area contributed by atoms with Crippen molar-refractivity contribution >= 4 is 17.2 Å². The topological polar surface area (TPSA) is 50.2 Å². The number of aromatic nitrogens is 2. The van der Waals surface area contributed by atoms with Gasteiger partial charge in [0.15, 0.2) is 0 Å². The normalized spacial score (nSPS) is 21.2. The summed E-state index contributed by atoms with van der Waals surface area (Å²) in [5.41, 5.74) is 1.39. The summed E-state index contributed by atoms with van der Waals surface area (Å²) in [4.78, 5) is 20.4. The Hall–Kier alpha value is -1.66. The Morgan fingerprint density at radius 1 is 1.45 bits per heavy atom. The molecule has 1 N–H and O–H groups in total. The Labute approximate surface area is 134 Å². The van der Waals surface area contributed by atoms with Crippen LogP contribution in [-0.4, -0.2) is 39.5 Å². The number of hydrogen-bond acceptors (Lipinski definition) is 4. The molecule has 5 nitrogen and oxygen atoms in total. The molecular formula is C16H20N4OS. The average Bonchev–Trinajstić information content (AvgIpc) is 3.14. The van der Waals surface area contributed by atoms with E-state index < -0.39 is 0 Å². The van der Waals surface area contributed by atoms with Gasteiger partial charge in [-0.2, -0.15) is 0 Å². The van der Waals surface area contributed by atoms with Crippen LogP contribution >= 0.6 is 11.3 Å². The predicted molar refractivity (Wildman–Crippen MR) is 85.8 cm³/mol. The van der Waals surface area contributed by atoms with Crippen molar-refractivity contribution in [3.63, 3.8) is 0 Å². The van der Waals surface area contributed by atoms with Gasteiger partial charge in [-0.15, -0.1) is 11.3 Å². The number of nitrogens with one attached hydrogen (secondary N) is 1. The van der Waals surface area contributed by atoms with Crippen LogP contribution in [0, 0.1) is 0 Å². The molecule has 4 heterocycles. The maximum atomic E-state index is 12.3. The van der Waals surface area contributed by atoms with Gasteiger partial charge < -0.3 is 9.88 Å². The minimum Gasteiger partial charge on any atom is -0.350 e. The fraction of sp³-hybridized carbons (Fsp3) is 0.500. The van der Waals surface area contributed by atoms with Gasteiger partial charge in [0, 0.05) is 49.4 Å². The van der Waals surface area contributed by atoms with Crippen molar-refractivity contribution in [2.24, 2.45) is 0 Å². The standard InChI is InChI=1S/C16H20N4OS/c21-16(11-19-6-3-14-12(9-19)4-8-22-14)18-13-1-2-15-17-5-7-20(15)10-13/h4-5,7-8,13H,1-3,6,9-11H2,(H,18,21)/t13-/m1/s1. The minimum atomic E-state index is 0.146. The largest absolute Gasteiger partial charge is 0.350 e. The molecule has 0 saturated heterocycles. The van der Waals surface area contributed by atoms with Crippen LogP contribution in [0.25, 0.3) is 0 Å². The first kappa shape index (κ1) is 14.0. The Morgan fingerprint density at radius 2 is 2.41 bits per heavy atom. The first-order chi connectivity index (χ1) is 10.8. The predicted octanol–water partition coefficient (Wildman–Crippen LogP) is 1.43. The summed E-state index contributed by atoms with van der Waals surface area (Å²) >= 11 is 1.83. The molecule has 4 rings (SSSR count). The summed E-state index contributed by atoms with van der Waals surface area (Å²) in [6.07, 6.45) is 6.83. The Balaban J connectivity index is 1.31. The number of aryl methyl sites for hydroxylation is 1. The average molecular weight is 316 g/mol. The molecular weight excluding hydrogens is 296 g/mol. The lowest BCUT2D eigenvalue weighted by molar-refractivity contribution is -0.123. The fourth-order valence-electron chi connectivity index (χ4n) is 3.40. The summed E-state index contributed by atoms with van der Waals surface area (Å²) < 4.78 is 2.15. The van der Waals surface area contributed by atoms with Crippen LogP contribution in [0.4, 0.5) is 0 Å². The third kappa shape index (κ3) is 2.80. The number of imidazole rings is 1. The number of amides is 1. The van der Waals surface area contributed by atoms with Gasteiger partial charge in [-0.3, -0.25) is 9.69 Å². The lowest BCUT2D eigenvalue weighted by Crippen LogP contribution is -2.46. The van der Waals surface area contributed by atoms with Crippen LogP contribution in [0.2, 0.25) is 0 Å². The SMILES string of the molecule is O=C(CN1CCc2sccc2C1)N[C@@H]1CCc2nccn2C1. The number of carbonyl (C=O) groups excluding carboxylic acids is 1. The number of thiophene rings is 1. The van der Waals surface area contributed by atoms with Crippen LogP contribution in [0.15, 0.2) is 23.8 Å². The van der Waals surface area contributed by atoms with E-state index in [1.165, 1.54) is 10.4 Å². The van der Waals surface area contributed by atoms with Crippen LogP contribution in [0.5, 0.6) is 0 Å². The summed E-state index contributed by atoms with van der Waals surface area (Å²) in [6, 6.07) is 2.42. The van der Waals surface area contributed by atoms with E-state index in [9.17, 15) is 4.79 Å². The molecule has 0 radical (unpaired) electrons. The third-order valence-corrected chi connectivity index (χ3v) is 5.58. The van der Waals surface area contributed by atoms with Gasteiger partial charge >= 0.3 is 0 Å². The molecule has 2 aliphatic rings. The van der Waals surface area contributed by atoms with E-state index in [2.05, 4.69) is 31.2 Å². The second-order valence-corrected chi connectivity index (χ2v) is 7.13. The van der Waals surface area contributed by atoms with Crippen LogP contribution in [0.3, 0.4) is 0 Å². The molecule has 0 saturated carbocycles. The number of fused-ring (bicyclic) bond motifs is 2. The highest BCUT2D eigenvalue weighted by Gasteiger charge is 2.23. The molecule has 2 aliphatic heterocycles. The first-order valence-electron chi connectivity index (χ1n) is 7.85. The fourth-order valence-corrected chi connectivity index (χ4v) is 4.29. The molecule has 22 heavy (non-hydrogen) atoms. The molecule has 2 aromatic rings. The molecule has 2 aromatic heterocycles. The van der Waals surface area contributed by atoms with Gasteiger partial charge in [-0.25, -0.2) is 4.98 Å². The van der Waals surface area contributed by atoms with Crippen LogP contribution < -0.4 is 5.32 Å². The Morgan fingerprint density at radius 3 is 3.36 bits per heavy atom. The monoisotopic (exact) mass is 316 g/mol. The highest BCUT2D eigenvalue weighted by molar-refractivity contribution is 7.10. The number of hydrogen-bond donors (Lipinski definition) is 1. The molecule has 0 fully saturated rings. The quantitative estimate of drug-likeness (QED) is 0.932. The van der Waals surface area contributed by atoms with Crippen molar-refractivity contribution < 1.29 is 4.79 Å². The number of carbonyl (C=O) groups is 1. The molecule has 0 aliphatic carbocycles. The zero-order valence-corrected chi connectivity index (χ0v) is 13.3. The lowest BCUT2D eigenvalue weighted by atomic mass is 10.1. The van der Waals surface area contributed by atoms with Gasteiger partial charge in [0.2, 0.25) is 5.91 Å². The summed E-state index contributed by atoms with van der Waals surface area (Å²) in [5.74, 6) is 1.28. The molecule has 1 atom stereocenters. The van der Waals surface area contributed by atoms with Crippen molar-refractivity contribution in [2.45, 2.75) is 38.4 Å². The van der Waals surface area contributed by atoms with Crippen LogP contribution in [0.1, 0.15) is 22.7 Å². The lowest BCUT2D eigenvalue weighted by Gasteiger charge is -2.28. The highest BCUT2D eigenvalue weighted by Crippen LogP contribution is 2.23. The van der Waals surface area contributed by atoms with E-state index in [0.717, 1.165) is 44.7 Å². The second-order valence-electron chi connectivity index (χ2n) is 6.13. The summed E-state index contributed by atoms with van der Waals surface area (Å²) in [6.45, 7) is 3.23. The maximum Gasteiger partial charge on any atom is 0.234 e. The van der Waals surface area contributed by atoms with E-state index in [1.54, 1.807) is 0 Å². The highest BCUT2D eigenvalue weighted by atomic mass is 32.1. The molecule has 6 heteroatoms. The number of nitrogens with zero attached hydrogens (tertiary/aromatic N) is 3. The molecule has 0 spiro atoms. The van der Waals surface area contributed by atoms with Gasteiger partial charge in [0.05, 0.1) is 6.54 Å². The molecule has 0 bridgehead atoms. The first-order valence-corrected chi connectivity index (χ1v) is 8.73. The maximum absolute atomic E-state index is 12.3. The molecule has 0 unspecified atom stereocenters. The Kier molecular flexibility index (Phi) is 3.72. The number of rotatable bonds is 3. The van der Waals surface area contributed by atoms with Crippen molar-refractivity contribution in [2.75, 3.05) is 13.1 Å². The van der Waals surface area contributed by atoms with Gasteiger partial charge in [0.25, 0.3) is 0 Å². The van der Waals surface area contributed by atoms with Crippen LogP contribution in [-0.2, 0) is 30.7 Å². The molecule has 1 amide bonds. The van der Waals surface area contributed by atoms with E-state index in [1.807, 2.05) is 23.7 Å². The summed E-state index contributed by atoms with van der Waals surface area (Å²) in [7, 11) is 0. The van der Waals surface area contributed by atoms with Gasteiger partial charge in [0.1, 0.15) is 5.82 Å². The Bertz CT molecular complexity index is 621. The third-order valence-electron chi connectivity index (χ3n) is 4.55. The van der Waals surface area contributed by atoms with Crippen molar-refractivity contribution in [3.8, 4) is 0 Å². The van der Waals surface area contributed by atoms with E-state index in [0.29, 0.717) is 6.54 Å². The van der Waals surface area contributed by atoms with E-state index >= 15 is 0 Å². The van der Waals surface area contributed by atoms with E-state index in [-0.39, 0.29) is 11.9 Å². The van der Waals surface area contributed by atoms with Crippen molar-refractivity contribution in [1.82, 2.24) is 19.8 Å². The smallest absolute Gasteiger partial charge is 0.234 e. The summed E-state index contributed by atoms with van der Waals surface area (Å²) in [5, 5.41) is 5.34. The van der Waals surface area contributed by atoms with Gasteiger partial charge in [-0.1, -0.05) is 0 Å².